The zero-order chi connectivity index (χ0) is 18.6. The van der Waals surface area contributed by atoms with Crippen LogP contribution in [0.3, 0.4) is 0 Å². The highest BCUT2D eigenvalue weighted by Gasteiger charge is 2.30. The molecule has 0 aliphatic heterocycles. The number of hydrogen-bond donors (Lipinski definition) is 1. The molecule has 0 fully saturated rings. The van der Waals surface area contributed by atoms with E-state index in [0.29, 0.717) is 17.8 Å². The Labute approximate surface area is 145 Å². The average molecular weight is 350 g/mol. The van der Waals surface area contributed by atoms with Gasteiger partial charge in [0.1, 0.15) is 0 Å². The van der Waals surface area contributed by atoms with Crippen LogP contribution in [0.1, 0.15) is 22.3 Å². The molecule has 2 rings (SSSR count). The second-order valence-electron chi connectivity index (χ2n) is 6.32. The second kappa shape index (κ2) is 7.70. The van der Waals surface area contributed by atoms with Crippen molar-refractivity contribution in [2.45, 2.75) is 26.1 Å². The van der Waals surface area contributed by atoms with Crippen molar-refractivity contribution >= 4 is 11.6 Å². The van der Waals surface area contributed by atoms with E-state index in [1.54, 1.807) is 0 Å². The molecule has 0 unspecified atom stereocenters. The monoisotopic (exact) mass is 350 g/mol. The summed E-state index contributed by atoms with van der Waals surface area (Å²) in [5.74, 6) is -0.344. The largest absolute Gasteiger partial charge is 0.416 e. The molecule has 6 heteroatoms. The lowest BCUT2D eigenvalue weighted by Gasteiger charge is -2.16. The molecule has 0 heterocycles. The molecule has 1 N–H and O–H groups in total. The zero-order valence-electron chi connectivity index (χ0n) is 14.4. The molecule has 25 heavy (non-hydrogen) atoms. The molecule has 0 saturated carbocycles. The number of nitrogens with zero attached hydrogens (tertiary/aromatic N) is 1. The predicted octanol–water partition coefficient (Wildman–Crippen LogP) is 4.26. The first-order valence-electron chi connectivity index (χ1n) is 7.85. The summed E-state index contributed by atoms with van der Waals surface area (Å²) in [7, 11) is 3.85. The van der Waals surface area contributed by atoms with Crippen LogP contribution in [0.5, 0.6) is 0 Å². The van der Waals surface area contributed by atoms with E-state index in [0.717, 1.165) is 23.3 Å². The number of amides is 1. The van der Waals surface area contributed by atoms with Crippen molar-refractivity contribution in [1.29, 1.82) is 0 Å². The number of alkyl halides is 3. The van der Waals surface area contributed by atoms with Gasteiger partial charge in [-0.15, -0.1) is 0 Å². The van der Waals surface area contributed by atoms with Crippen LogP contribution in [-0.2, 0) is 23.9 Å². The van der Waals surface area contributed by atoms with Crippen molar-refractivity contribution in [3.8, 4) is 0 Å². The number of benzene rings is 2. The molecule has 0 aliphatic rings. The number of carbonyl (C=O) groups excluding carboxylic acids is 1. The maximum atomic E-state index is 12.8. The molecule has 0 atom stereocenters. The molecule has 0 radical (unpaired) electrons. The van der Waals surface area contributed by atoms with Gasteiger partial charge in [0.05, 0.1) is 12.0 Å². The van der Waals surface area contributed by atoms with Gasteiger partial charge in [-0.05, 0) is 44.3 Å². The topological polar surface area (TPSA) is 32.3 Å². The fourth-order valence-electron chi connectivity index (χ4n) is 2.55. The minimum Gasteiger partial charge on any atom is -0.325 e. The summed E-state index contributed by atoms with van der Waals surface area (Å²) in [5, 5.41) is 2.80. The van der Waals surface area contributed by atoms with Crippen LogP contribution in [0.15, 0.2) is 42.5 Å². The van der Waals surface area contributed by atoms with E-state index in [2.05, 4.69) is 5.32 Å². The lowest BCUT2D eigenvalue weighted by Crippen LogP contribution is -2.18. The first kappa shape index (κ1) is 19.0. The number of rotatable bonds is 5. The number of hydrogen-bond acceptors (Lipinski definition) is 2. The summed E-state index contributed by atoms with van der Waals surface area (Å²) >= 11 is 0. The maximum absolute atomic E-state index is 12.8. The standard InChI is InChI=1S/C19H21F3N2O/c1-13-7-8-17(15(9-13)12-24(2)3)23-18(25)11-14-5-4-6-16(10-14)19(20,21)22/h4-10H,11-12H2,1-3H3,(H,23,25). The lowest BCUT2D eigenvalue weighted by atomic mass is 10.1. The first-order chi connectivity index (χ1) is 11.6. The van der Waals surface area contributed by atoms with E-state index in [1.165, 1.54) is 12.1 Å². The van der Waals surface area contributed by atoms with Crippen LogP contribution in [0.4, 0.5) is 18.9 Å². The van der Waals surface area contributed by atoms with Crippen molar-refractivity contribution in [3.63, 3.8) is 0 Å². The number of halogens is 3. The van der Waals surface area contributed by atoms with Gasteiger partial charge in [0.25, 0.3) is 0 Å². The molecule has 0 aromatic heterocycles. The highest BCUT2D eigenvalue weighted by molar-refractivity contribution is 5.93. The number of nitrogens with one attached hydrogen (secondary N) is 1. The van der Waals surface area contributed by atoms with Crippen molar-refractivity contribution in [2.75, 3.05) is 19.4 Å². The Hall–Kier alpha value is -2.34. The van der Waals surface area contributed by atoms with Crippen molar-refractivity contribution in [2.24, 2.45) is 0 Å². The fraction of sp³-hybridized carbons (Fsp3) is 0.316. The van der Waals surface area contributed by atoms with Gasteiger partial charge in [0.15, 0.2) is 0 Å². The zero-order valence-corrected chi connectivity index (χ0v) is 14.4. The van der Waals surface area contributed by atoms with Crippen LogP contribution in [0.2, 0.25) is 0 Å². The second-order valence-corrected chi connectivity index (χ2v) is 6.32. The van der Waals surface area contributed by atoms with Gasteiger partial charge >= 0.3 is 6.18 Å². The Kier molecular flexibility index (Phi) is 5.85. The van der Waals surface area contributed by atoms with E-state index in [1.807, 2.05) is 44.1 Å². The number of carbonyl (C=O) groups is 1. The maximum Gasteiger partial charge on any atom is 0.416 e. The van der Waals surface area contributed by atoms with Gasteiger partial charge in [-0.3, -0.25) is 4.79 Å². The van der Waals surface area contributed by atoms with E-state index in [9.17, 15) is 18.0 Å². The van der Waals surface area contributed by atoms with Gasteiger partial charge in [-0.1, -0.05) is 35.9 Å². The van der Waals surface area contributed by atoms with Gasteiger partial charge < -0.3 is 10.2 Å². The Bertz CT molecular complexity index is 755. The van der Waals surface area contributed by atoms with E-state index < -0.39 is 11.7 Å². The molecule has 0 bridgehead atoms. The minimum atomic E-state index is -4.41. The molecule has 1 amide bonds. The molecule has 2 aromatic carbocycles. The van der Waals surface area contributed by atoms with Crippen LogP contribution in [-0.4, -0.2) is 24.9 Å². The Morgan fingerprint density at radius 2 is 1.84 bits per heavy atom. The van der Waals surface area contributed by atoms with Crippen LogP contribution >= 0.6 is 0 Å². The third kappa shape index (κ3) is 5.60. The Morgan fingerprint density at radius 3 is 2.48 bits per heavy atom. The highest BCUT2D eigenvalue weighted by Crippen LogP contribution is 2.29. The van der Waals surface area contributed by atoms with Crippen molar-refractivity contribution in [3.05, 3.63) is 64.7 Å². The summed E-state index contributed by atoms with van der Waals surface area (Å²) in [4.78, 5) is 14.2. The minimum absolute atomic E-state index is 0.112. The molecule has 134 valence electrons. The summed E-state index contributed by atoms with van der Waals surface area (Å²) in [6, 6.07) is 10.5. The quantitative estimate of drug-likeness (QED) is 0.874. The van der Waals surface area contributed by atoms with Gasteiger partial charge in [-0.25, -0.2) is 0 Å². The summed E-state index contributed by atoms with van der Waals surface area (Å²) in [6.45, 7) is 2.62. The Morgan fingerprint density at radius 1 is 1.12 bits per heavy atom. The van der Waals surface area contributed by atoms with Crippen molar-refractivity contribution in [1.82, 2.24) is 4.90 Å². The lowest BCUT2D eigenvalue weighted by molar-refractivity contribution is -0.137. The SMILES string of the molecule is Cc1ccc(NC(=O)Cc2cccc(C(F)(F)F)c2)c(CN(C)C)c1. The van der Waals surface area contributed by atoms with E-state index in [-0.39, 0.29) is 12.3 Å². The first-order valence-corrected chi connectivity index (χ1v) is 7.85. The van der Waals surface area contributed by atoms with Crippen molar-refractivity contribution < 1.29 is 18.0 Å². The summed E-state index contributed by atoms with van der Waals surface area (Å²) < 4.78 is 38.3. The predicted molar refractivity (Wildman–Crippen MR) is 92.3 cm³/mol. The molecule has 0 aliphatic carbocycles. The van der Waals surface area contributed by atoms with E-state index in [4.69, 9.17) is 0 Å². The van der Waals surface area contributed by atoms with Crippen LogP contribution in [0, 0.1) is 6.92 Å². The highest BCUT2D eigenvalue weighted by atomic mass is 19.4. The molecule has 0 saturated heterocycles. The third-order valence-electron chi connectivity index (χ3n) is 3.64. The van der Waals surface area contributed by atoms with Gasteiger partial charge in [0, 0.05) is 12.2 Å². The number of aryl methyl sites for hydroxylation is 1. The molecule has 3 nitrogen and oxygen atoms in total. The fourth-order valence-corrected chi connectivity index (χ4v) is 2.55. The smallest absolute Gasteiger partial charge is 0.325 e. The van der Waals surface area contributed by atoms with E-state index >= 15 is 0 Å². The van der Waals surface area contributed by atoms with Crippen LogP contribution < -0.4 is 5.32 Å². The van der Waals surface area contributed by atoms with Gasteiger partial charge in [0.2, 0.25) is 5.91 Å². The summed E-state index contributed by atoms with van der Waals surface area (Å²) in [5.41, 5.74) is 2.29. The normalized spacial score (nSPS) is 11.6. The number of anilines is 1. The molecule has 0 spiro atoms. The van der Waals surface area contributed by atoms with Gasteiger partial charge in [-0.2, -0.15) is 13.2 Å². The summed E-state index contributed by atoms with van der Waals surface area (Å²) in [6.07, 6.45) is -4.53. The third-order valence-corrected chi connectivity index (χ3v) is 3.64. The van der Waals surface area contributed by atoms with Crippen LogP contribution in [0.25, 0.3) is 0 Å². The molecule has 2 aromatic rings. The average Bonchev–Trinajstić information content (AvgIpc) is 2.49. The Balaban J connectivity index is 2.13. The molecular formula is C19H21F3N2O. The molecular weight excluding hydrogens is 329 g/mol.